The monoisotopic (exact) mass is 232 g/mol. The van der Waals surface area contributed by atoms with E-state index >= 15 is 0 Å². The number of hydrogen-bond donors (Lipinski definition) is 4. The molecule has 0 aliphatic heterocycles. The van der Waals surface area contributed by atoms with E-state index in [-0.39, 0.29) is 17.4 Å². The maximum absolute atomic E-state index is 9.00. The Morgan fingerprint density at radius 1 is 1.30 bits per heavy atom. The summed E-state index contributed by atoms with van der Waals surface area (Å²) in [6.07, 6.45) is 0. The van der Waals surface area contributed by atoms with Crippen molar-refractivity contribution >= 4 is 37.8 Å². The van der Waals surface area contributed by atoms with E-state index in [1.807, 2.05) is 0 Å². The largest absolute Gasteiger partial charge is 0.187 e. The van der Waals surface area contributed by atoms with E-state index in [0.717, 1.165) is 6.92 Å². The summed E-state index contributed by atoms with van der Waals surface area (Å²) in [7, 11) is 0. The molecule has 0 amide bonds. The quantitative estimate of drug-likeness (QED) is 0.326. The first-order valence-corrected chi connectivity index (χ1v) is 4.99. The van der Waals surface area contributed by atoms with Gasteiger partial charge in [0.15, 0.2) is 17.4 Å². The van der Waals surface area contributed by atoms with Gasteiger partial charge < -0.3 is 5.11 Å². The van der Waals surface area contributed by atoms with Crippen molar-refractivity contribution in [1.29, 1.82) is 0 Å². The molecule has 0 bridgehead atoms. The van der Waals surface area contributed by atoms with Gasteiger partial charge >= 0.3 is 30.5 Å². The first kappa shape index (κ1) is 16.7. The average Bonchev–Trinajstić information content (AvgIpc) is 1.19. The summed E-state index contributed by atoms with van der Waals surface area (Å²) in [6.45, 7) is 1.08. The Balaban J connectivity index is -0.0000000910. The Hall–Kier alpha value is 0.241. The third-order valence-corrected chi connectivity index (χ3v) is 0. The van der Waals surface area contributed by atoms with Gasteiger partial charge in [-0.1, -0.05) is 0 Å². The van der Waals surface area contributed by atoms with Crippen LogP contribution in [-0.2, 0) is 8.53 Å². The maximum atomic E-state index is 9.00. The van der Waals surface area contributed by atoms with E-state index in [9.17, 15) is 0 Å². The zero-order valence-corrected chi connectivity index (χ0v) is 6.43. The molecule has 0 aromatic rings. The van der Waals surface area contributed by atoms with Gasteiger partial charge in [0.25, 0.3) is 5.97 Å². The van der Waals surface area contributed by atoms with Gasteiger partial charge in [0.05, 0.1) is 0 Å². The van der Waals surface area contributed by atoms with Gasteiger partial charge in [-0.25, -0.2) is 0 Å². The van der Waals surface area contributed by atoms with E-state index in [1.54, 1.807) is 0 Å². The second kappa shape index (κ2) is 7.35. The minimum absolute atomic E-state index is 0. The molecule has 0 spiro atoms. The van der Waals surface area contributed by atoms with E-state index in [1.165, 1.54) is 0 Å². The summed E-state index contributed by atoms with van der Waals surface area (Å²) in [5.41, 5.74) is 0. The van der Waals surface area contributed by atoms with Gasteiger partial charge in [0, 0.05) is 6.92 Å². The molecule has 0 aliphatic carbocycles. The number of carbonyl (C=O) groups is 1. The minimum Gasteiger partial charge on any atom is 0.187 e. The number of hydrogen-bond acceptors (Lipinski definition) is 2. The van der Waals surface area contributed by atoms with Crippen LogP contribution in [0.15, 0.2) is 0 Å². The van der Waals surface area contributed by atoms with Crippen molar-refractivity contribution in [3.05, 3.63) is 0 Å². The fourth-order valence-electron chi connectivity index (χ4n) is 0. The Morgan fingerprint density at radius 2 is 1.30 bits per heavy atom. The average molecular weight is 232 g/mol. The van der Waals surface area contributed by atoms with Crippen LogP contribution in [0.2, 0.25) is 0 Å². The summed E-state index contributed by atoms with van der Waals surface area (Å²) >= 11 is -5.12. The van der Waals surface area contributed by atoms with Gasteiger partial charge in [0.2, 0.25) is 0 Å². The van der Waals surface area contributed by atoms with Crippen LogP contribution in [0, 0.1) is 0 Å². The fourth-order valence-corrected chi connectivity index (χ4v) is 0. The standard InChI is InChI=1S/C2H4O2.Al.AsH3O4.3H/c1-2(3)4;;2-1(3,4)5;;;/h1H3,(H,3,4);;(H3,2,3,4,5);;;. The van der Waals surface area contributed by atoms with Gasteiger partial charge in [0.1, 0.15) is 0 Å². The molecule has 0 heterocycles. The van der Waals surface area contributed by atoms with Crippen LogP contribution in [0.3, 0.4) is 0 Å². The van der Waals surface area contributed by atoms with Crippen molar-refractivity contribution in [2.24, 2.45) is 0 Å². The van der Waals surface area contributed by atoms with Crippen LogP contribution in [0.5, 0.6) is 0 Å². The van der Waals surface area contributed by atoms with Gasteiger partial charge in [-0.15, -0.1) is 0 Å². The summed E-state index contributed by atoms with van der Waals surface area (Å²) < 4.78 is 30.7. The van der Waals surface area contributed by atoms with E-state index in [2.05, 4.69) is 0 Å². The molecule has 0 unspecified atom stereocenters. The van der Waals surface area contributed by atoms with Crippen molar-refractivity contribution in [1.82, 2.24) is 0 Å². The molecule has 62 valence electrons. The zero-order chi connectivity index (χ0) is 8.08. The topological polar surface area (TPSA) is 115 Å². The van der Waals surface area contributed by atoms with Gasteiger partial charge in [-0.2, -0.15) is 0 Å². The molecular formula is C2H10AlAsO6. The number of carboxylic acids is 1. The van der Waals surface area contributed by atoms with Crippen molar-refractivity contribution in [2.45, 2.75) is 6.92 Å². The molecule has 0 atom stereocenters. The molecule has 8 heteroatoms. The first-order chi connectivity index (χ1) is 3.73. The van der Waals surface area contributed by atoms with Crippen molar-refractivity contribution in [3.8, 4) is 0 Å². The molecule has 0 saturated heterocycles. The molecule has 0 aliphatic rings. The molecule has 0 saturated carbocycles. The van der Waals surface area contributed by atoms with E-state index in [4.69, 9.17) is 25.9 Å². The van der Waals surface area contributed by atoms with Crippen LogP contribution in [0.25, 0.3) is 0 Å². The smallest absolute Gasteiger partial charge is 0.187 e. The Labute approximate surface area is 71.0 Å². The molecule has 0 radical (unpaired) electrons. The minimum atomic E-state index is -5.12. The summed E-state index contributed by atoms with van der Waals surface area (Å²) in [6, 6.07) is 0. The van der Waals surface area contributed by atoms with Crippen LogP contribution in [0.1, 0.15) is 6.92 Å². The Bertz CT molecular complexity index is 115. The van der Waals surface area contributed by atoms with E-state index in [0.29, 0.717) is 0 Å². The fraction of sp³-hybridized carbons (Fsp3) is 0.500. The normalized spacial score (nSPS) is 8.40. The van der Waals surface area contributed by atoms with Gasteiger partial charge in [-0.3, -0.25) is 4.79 Å². The predicted molar refractivity (Wildman–Crippen MR) is 36.3 cm³/mol. The Kier molecular flexibility index (Phi) is 12.3. The van der Waals surface area contributed by atoms with Gasteiger partial charge in [-0.05, 0) is 0 Å². The van der Waals surface area contributed by atoms with Crippen molar-refractivity contribution in [3.63, 3.8) is 0 Å². The molecule has 10 heavy (non-hydrogen) atoms. The summed E-state index contributed by atoms with van der Waals surface area (Å²) in [5, 5.41) is 7.42. The molecule has 0 fully saturated rings. The number of carboxylic acid groups (broad SMARTS) is 1. The van der Waals surface area contributed by atoms with Crippen LogP contribution in [0.4, 0.5) is 0 Å². The molecule has 4 N–H and O–H groups in total. The molecule has 6 nitrogen and oxygen atoms in total. The van der Waals surface area contributed by atoms with Crippen molar-refractivity contribution in [2.75, 3.05) is 0 Å². The van der Waals surface area contributed by atoms with Crippen LogP contribution < -0.4 is 0 Å². The SMILES string of the molecule is CC(=O)O.O=[As](O)(O)O.[AlH3]. The third-order valence-electron chi connectivity index (χ3n) is 0. The van der Waals surface area contributed by atoms with Crippen LogP contribution in [-0.4, -0.2) is 55.2 Å². The molecule has 0 rings (SSSR count). The third kappa shape index (κ3) is 7440. The number of aliphatic carboxylic acids is 1. The molecular weight excluding hydrogens is 222 g/mol. The number of rotatable bonds is 0. The second-order valence-corrected chi connectivity index (χ2v) is 3.19. The summed E-state index contributed by atoms with van der Waals surface area (Å²) in [5.74, 6) is -0.833. The molecule has 0 aromatic carbocycles. The van der Waals surface area contributed by atoms with E-state index < -0.39 is 20.5 Å². The van der Waals surface area contributed by atoms with Crippen LogP contribution >= 0.6 is 0 Å². The second-order valence-electron chi connectivity index (χ2n) is 1.03. The molecule has 0 aromatic heterocycles. The maximum Gasteiger partial charge on any atom is 0.187 e. The Morgan fingerprint density at radius 3 is 1.30 bits per heavy atom. The predicted octanol–water partition coefficient (Wildman–Crippen LogP) is -3.26. The first-order valence-electron chi connectivity index (χ1n) is 1.71. The zero-order valence-electron chi connectivity index (χ0n) is 4.55. The van der Waals surface area contributed by atoms with Crippen molar-refractivity contribution < 1.29 is 25.9 Å². The summed E-state index contributed by atoms with van der Waals surface area (Å²) in [4.78, 5) is 9.00.